The predicted octanol–water partition coefficient (Wildman–Crippen LogP) is 4.79. The van der Waals surface area contributed by atoms with Crippen molar-refractivity contribution in [3.63, 3.8) is 0 Å². The number of aromatic nitrogens is 3. The smallest absolute Gasteiger partial charge is 0.269 e. The quantitative estimate of drug-likeness (QED) is 0.299. The van der Waals surface area contributed by atoms with E-state index in [4.69, 9.17) is 9.84 Å². The maximum absolute atomic E-state index is 13.7. The van der Waals surface area contributed by atoms with Gasteiger partial charge in [0.1, 0.15) is 11.8 Å². The van der Waals surface area contributed by atoms with E-state index in [1.165, 1.54) is 19.2 Å². The van der Waals surface area contributed by atoms with Gasteiger partial charge >= 0.3 is 0 Å². The van der Waals surface area contributed by atoms with Crippen LogP contribution in [0.5, 0.6) is 5.75 Å². The van der Waals surface area contributed by atoms with Crippen LogP contribution in [0.3, 0.4) is 0 Å². The molecule has 1 atom stereocenters. The first-order valence-corrected chi connectivity index (χ1v) is 11.1. The summed E-state index contributed by atoms with van der Waals surface area (Å²) in [7, 11) is 1.52. The fourth-order valence-corrected chi connectivity index (χ4v) is 4.21. The number of para-hydroxylation sites is 2. The Morgan fingerprint density at radius 1 is 1.08 bits per heavy atom. The van der Waals surface area contributed by atoms with Crippen LogP contribution in [0.4, 0.5) is 17.3 Å². The number of carbonyl (C=O) groups excluding carboxylic acids is 1. The third kappa shape index (κ3) is 4.16. The number of nitro benzene ring substituents is 1. The van der Waals surface area contributed by atoms with Crippen LogP contribution in [-0.2, 0) is 4.79 Å². The van der Waals surface area contributed by atoms with Crippen LogP contribution in [0.1, 0.15) is 18.5 Å². The van der Waals surface area contributed by atoms with Crippen molar-refractivity contribution in [3.8, 4) is 17.1 Å². The molecule has 0 saturated carbocycles. The second-order valence-electron chi connectivity index (χ2n) is 8.14. The number of anilines is 2. The van der Waals surface area contributed by atoms with Crippen molar-refractivity contribution in [1.29, 1.82) is 0 Å². The van der Waals surface area contributed by atoms with Gasteiger partial charge in [0.25, 0.3) is 11.6 Å². The number of nitro groups is 1. The molecule has 180 valence electrons. The Balaban J connectivity index is 1.63. The maximum Gasteiger partial charge on any atom is 0.269 e. The van der Waals surface area contributed by atoms with E-state index in [1.54, 1.807) is 48.0 Å². The highest BCUT2D eigenvalue weighted by molar-refractivity contribution is 6.06. The molecule has 1 unspecified atom stereocenters. The summed E-state index contributed by atoms with van der Waals surface area (Å²) < 4.78 is 6.96. The minimum atomic E-state index is -0.763. The number of hydrogen-bond acceptors (Lipinski definition) is 7. The monoisotopic (exact) mass is 482 g/mol. The zero-order valence-corrected chi connectivity index (χ0v) is 19.5. The van der Waals surface area contributed by atoms with Crippen LogP contribution in [0.2, 0.25) is 0 Å². The van der Waals surface area contributed by atoms with E-state index in [0.29, 0.717) is 40.0 Å². The Morgan fingerprint density at radius 3 is 2.58 bits per heavy atom. The summed E-state index contributed by atoms with van der Waals surface area (Å²) in [6.45, 7) is 1.77. The summed E-state index contributed by atoms with van der Waals surface area (Å²) in [5.41, 5.74) is 2.64. The Labute approximate surface area is 206 Å². The standard InChI is InChI=1S/C26H22N6O4/c1-16-22(25(33)28-20-13-6-7-14-21(20)36-2)23(18-11-8-12-19(15-18)32(34)35)31-26(27-16)29-24(30-31)17-9-4-3-5-10-17/h3-15,23H,1-2H3,(H,28,33)(H,27,29,30). The van der Waals surface area contributed by atoms with Crippen LogP contribution in [0.15, 0.2) is 90.1 Å². The Hall–Kier alpha value is -4.99. The van der Waals surface area contributed by atoms with Gasteiger partial charge in [-0.25, -0.2) is 4.68 Å². The molecule has 5 rings (SSSR count). The second-order valence-corrected chi connectivity index (χ2v) is 8.14. The molecule has 3 aromatic carbocycles. The number of nitrogens with zero attached hydrogens (tertiary/aromatic N) is 4. The van der Waals surface area contributed by atoms with Crippen LogP contribution in [0.25, 0.3) is 11.4 Å². The van der Waals surface area contributed by atoms with Crippen molar-refractivity contribution in [1.82, 2.24) is 14.8 Å². The van der Waals surface area contributed by atoms with E-state index in [9.17, 15) is 14.9 Å². The molecule has 2 heterocycles. The lowest BCUT2D eigenvalue weighted by molar-refractivity contribution is -0.384. The van der Waals surface area contributed by atoms with Crippen LogP contribution in [-0.4, -0.2) is 32.7 Å². The Morgan fingerprint density at radius 2 is 1.83 bits per heavy atom. The number of amides is 1. The molecule has 0 spiro atoms. The second kappa shape index (κ2) is 9.34. The number of benzene rings is 3. The molecule has 4 aromatic rings. The van der Waals surface area contributed by atoms with Crippen molar-refractivity contribution in [2.24, 2.45) is 0 Å². The molecule has 2 N–H and O–H groups in total. The summed E-state index contributed by atoms with van der Waals surface area (Å²) in [5, 5.41) is 22.3. The molecule has 0 bridgehead atoms. The van der Waals surface area contributed by atoms with Gasteiger partial charge < -0.3 is 15.4 Å². The lowest BCUT2D eigenvalue weighted by atomic mass is 9.94. The van der Waals surface area contributed by atoms with Crippen LogP contribution in [0, 0.1) is 10.1 Å². The molecular weight excluding hydrogens is 460 g/mol. The van der Waals surface area contributed by atoms with Gasteiger partial charge in [-0.05, 0) is 24.6 Å². The zero-order valence-electron chi connectivity index (χ0n) is 19.5. The van der Waals surface area contributed by atoms with Crippen molar-refractivity contribution >= 4 is 23.2 Å². The number of carbonyl (C=O) groups is 1. The van der Waals surface area contributed by atoms with Crippen LogP contribution >= 0.6 is 0 Å². The number of fused-ring (bicyclic) bond motifs is 1. The summed E-state index contributed by atoms with van der Waals surface area (Å²) >= 11 is 0. The van der Waals surface area contributed by atoms with Gasteiger partial charge in [-0.1, -0.05) is 54.6 Å². The highest BCUT2D eigenvalue weighted by Crippen LogP contribution is 2.38. The Kier molecular flexibility index (Phi) is 5.91. The number of ether oxygens (including phenoxy) is 1. The van der Waals surface area contributed by atoms with Crippen LogP contribution < -0.4 is 15.4 Å². The topological polar surface area (TPSA) is 124 Å². The molecule has 0 saturated heterocycles. The van der Waals surface area contributed by atoms with E-state index in [1.807, 2.05) is 30.3 Å². The highest BCUT2D eigenvalue weighted by Gasteiger charge is 2.35. The highest BCUT2D eigenvalue weighted by atomic mass is 16.6. The van der Waals surface area contributed by atoms with Gasteiger partial charge in [-0.3, -0.25) is 14.9 Å². The van der Waals surface area contributed by atoms with Gasteiger partial charge in [0.2, 0.25) is 5.95 Å². The Bertz CT molecular complexity index is 1500. The van der Waals surface area contributed by atoms with E-state index in [2.05, 4.69) is 15.6 Å². The van der Waals surface area contributed by atoms with Crippen molar-refractivity contribution in [2.45, 2.75) is 13.0 Å². The number of methoxy groups -OCH3 is 1. The van der Waals surface area contributed by atoms with Gasteiger partial charge in [0, 0.05) is 23.4 Å². The summed E-state index contributed by atoms with van der Waals surface area (Å²) in [4.78, 5) is 29.4. The minimum absolute atomic E-state index is 0.0851. The number of non-ortho nitro benzene ring substituents is 1. The summed E-state index contributed by atoms with van der Waals surface area (Å²) in [6.07, 6.45) is 0. The average Bonchev–Trinajstić information content (AvgIpc) is 3.32. The third-order valence-electron chi connectivity index (χ3n) is 5.88. The average molecular weight is 483 g/mol. The maximum atomic E-state index is 13.7. The number of nitrogens with one attached hydrogen (secondary N) is 2. The largest absolute Gasteiger partial charge is 0.495 e. The van der Waals surface area contributed by atoms with E-state index >= 15 is 0 Å². The molecule has 1 aromatic heterocycles. The SMILES string of the molecule is COc1ccccc1NC(=O)C1=C(C)Nc2nc(-c3ccccc3)nn2C1c1cccc([N+](=O)[O-])c1. The molecule has 1 aliphatic heterocycles. The first-order chi connectivity index (χ1) is 17.5. The minimum Gasteiger partial charge on any atom is -0.495 e. The van der Waals surface area contributed by atoms with E-state index < -0.39 is 16.9 Å². The lowest BCUT2D eigenvalue weighted by Crippen LogP contribution is -2.31. The lowest BCUT2D eigenvalue weighted by Gasteiger charge is -2.28. The normalized spacial score (nSPS) is 14.6. The van der Waals surface area contributed by atoms with Gasteiger partial charge in [-0.15, -0.1) is 5.10 Å². The van der Waals surface area contributed by atoms with Crippen molar-refractivity contribution < 1.29 is 14.5 Å². The molecule has 1 aliphatic rings. The van der Waals surface area contributed by atoms with Crippen molar-refractivity contribution in [2.75, 3.05) is 17.7 Å². The fraction of sp³-hybridized carbons (Fsp3) is 0.115. The molecule has 10 nitrogen and oxygen atoms in total. The first-order valence-electron chi connectivity index (χ1n) is 11.1. The molecular formula is C26H22N6O4. The van der Waals surface area contributed by atoms with Gasteiger partial charge in [0.15, 0.2) is 5.82 Å². The van der Waals surface area contributed by atoms with Crippen molar-refractivity contribution in [3.05, 3.63) is 106 Å². The molecule has 0 fully saturated rings. The number of allylic oxidation sites excluding steroid dienone is 1. The number of hydrogen-bond donors (Lipinski definition) is 2. The van der Waals surface area contributed by atoms with E-state index in [-0.39, 0.29) is 5.69 Å². The molecule has 1 amide bonds. The number of rotatable bonds is 6. The summed E-state index contributed by atoms with van der Waals surface area (Å²) in [5.74, 6) is 1.00. The first kappa shape index (κ1) is 22.8. The predicted molar refractivity (Wildman–Crippen MR) is 135 cm³/mol. The molecule has 0 aliphatic carbocycles. The molecule has 10 heteroatoms. The van der Waals surface area contributed by atoms with Gasteiger partial charge in [-0.2, -0.15) is 4.98 Å². The third-order valence-corrected chi connectivity index (χ3v) is 5.88. The zero-order chi connectivity index (χ0) is 25.2. The van der Waals surface area contributed by atoms with Gasteiger partial charge in [0.05, 0.1) is 23.3 Å². The molecule has 36 heavy (non-hydrogen) atoms. The molecule has 0 radical (unpaired) electrons. The summed E-state index contributed by atoms with van der Waals surface area (Å²) in [6, 6.07) is 21.9. The van der Waals surface area contributed by atoms with E-state index in [0.717, 1.165) is 5.56 Å². The fourth-order valence-electron chi connectivity index (χ4n) is 4.21.